The summed E-state index contributed by atoms with van der Waals surface area (Å²) in [4.78, 5) is 28.6. The van der Waals surface area contributed by atoms with Crippen molar-refractivity contribution in [1.82, 2.24) is 14.9 Å². The Balaban J connectivity index is 1.35. The molecular weight excluding hydrogens is 476 g/mol. The number of carbonyl (C=O) groups is 1. The van der Waals surface area contributed by atoms with Gasteiger partial charge in [0.15, 0.2) is 0 Å². The normalized spacial score (nSPS) is 14.3. The maximum absolute atomic E-state index is 13.1. The molecule has 1 aliphatic heterocycles. The Hall–Kier alpha value is -3.86. The Bertz CT molecular complexity index is 1330. The van der Waals surface area contributed by atoms with Gasteiger partial charge in [-0.2, -0.15) is 0 Å². The highest BCUT2D eigenvalue weighted by Crippen LogP contribution is 2.33. The zero-order chi connectivity index (χ0) is 24.7. The minimum Gasteiger partial charge on any atom is -0.472 e. The number of hydrogen-bond donors (Lipinski definition) is 2. The molecule has 0 aliphatic carbocycles. The van der Waals surface area contributed by atoms with Gasteiger partial charge in [-0.15, -0.1) is 11.3 Å². The second-order valence-corrected chi connectivity index (χ2v) is 9.11. The van der Waals surface area contributed by atoms with Crippen LogP contribution in [-0.4, -0.2) is 66.4 Å². The minimum atomic E-state index is -0.309. The zero-order valence-corrected chi connectivity index (χ0v) is 20.4. The van der Waals surface area contributed by atoms with Gasteiger partial charge < -0.3 is 20.2 Å². The van der Waals surface area contributed by atoms with E-state index in [-0.39, 0.29) is 5.91 Å². The van der Waals surface area contributed by atoms with Crippen LogP contribution in [-0.2, 0) is 4.74 Å². The van der Waals surface area contributed by atoms with Crippen LogP contribution in [0.4, 0.5) is 11.4 Å². The van der Waals surface area contributed by atoms with Crippen molar-refractivity contribution in [2.75, 3.05) is 50.4 Å². The van der Waals surface area contributed by atoms with Gasteiger partial charge in [0.05, 0.1) is 32.3 Å². The SMILES string of the molecule is Nc1cc(-c2ccoc2)c(NC(=O)c2csc(-c3ccncc3)n2)cc1C=NCCN1CCOCC1. The summed E-state index contributed by atoms with van der Waals surface area (Å²) in [5.41, 5.74) is 11.1. The number of anilines is 2. The van der Waals surface area contributed by atoms with E-state index >= 15 is 0 Å². The molecule has 0 bridgehead atoms. The highest BCUT2D eigenvalue weighted by Gasteiger charge is 2.17. The molecule has 3 aromatic heterocycles. The van der Waals surface area contributed by atoms with Crippen molar-refractivity contribution in [2.45, 2.75) is 0 Å². The molecule has 184 valence electrons. The summed E-state index contributed by atoms with van der Waals surface area (Å²) in [6, 6.07) is 9.21. The van der Waals surface area contributed by atoms with E-state index in [0.29, 0.717) is 23.6 Å². The maximum atomic E-state index is 13.1. The number of morpholine rings is 1. The summed E-state index contributed by atoms with van der Waals surface area (Å²) < 4.78 is 10.7. The highest BCUT2D eigenvalue weighted by atomic mass is 32.1. The largest absolute Gasteiger partial charge is 0.472 e. The quantitative estimate of drug-likeness (QED) is 0.276. The maximum Gasteiger partial charge on any atom is 0.275 e. The van der Waals surface area contributed by atoms with Crippen LogP contribution in [0, 0.1) is 0 Å². The van der Waals surface area contributed by atoms with Crippen LogP contribution in [0.5, 0.6) is 0 Å². The van der Waals surface area contributed by atoms with Gasteiger partial charge in [-0.3, -0.25) is 19.7 Å². The summed E-state index contributed by atoms with van der Waals surface area (Å²) in [5, 5.41) is 5.50. The van der Waals surface area contributed by atoms with Gasteiger partial charge in [-0.05, 0) is 30.3 Å². The lowest BCUT2D eigenvalue weighted by Gasteiger charge is -2.25. The van der Waals surface area contributed by atoms with Gasteiger partial charge in [0.2, 0.25) is 0 Å². The van der Waals surface area contributed by atoms with Gasteiger partial charge >= 0.3 is 0 Å². The lowest BCUT2D eigenvalue weighted by molar-refractivity contribution is 0.0395. The van der Waals surface area contributed by atoms with E-state index in [1.54, 1.807) is 36.5 Å². The van der Waals surface area contributed by atoms with Crippen LogP contribution in [0.15, 0.2) is 70.0 Å². The number of carbonyl (C=O) groups excluding carboxylic acids is 1. The number of nitrogens with two attached hydrogens (primary N) is 1. The second-order valence-electron chi connectivity index (χ2n) is 8.26. The van der Waals surface area contributed by atoms with E-state index < -0.39 is 0 Å². The minimum absolute atomic E-state index is 0.309. The lowest BCUT2D eigenvalue weighted by atomic mass is 10.0. The fourth-order valence-corrected chi connectivity index (χ4v) is 4.69. The topological polar surface area (TPSA) is 119 Å². The Morgan fingerprint density at radius 1 is 1.19 bits per heavy atom. The van der Waals surface area contributed by atoms with E-state index in [1.807, 2.05) is 30.3 Å². The molecular formula is C26H26N6O3S. The molecule has 5 rings (SSSR count). The third-order valence-corrected chi connectivity index (χ3v) is 6.74. The monoisotopic (exact) mass is 502 g/mol. The van der Waals surface area contributed by atoms with Crippen LogP contribution in [0.2, 0.25) is 0 Å². The van der Waals surface area contributed by atoms with Gasteiger partial charge in [0, 0.05) is 77.3 Å². The summed E-state index contributed by atoms with van der Waals surface area (Å²) >= 11 is 1.41. The number of nitrogens with one attached hydrogen (secondary N) is 1. The Kier molecular flexibility index (Phi) is 7.46. The Morgan fingerprint density at radius 3 is 2.81 bits per heavy atom. The van der Waals surface area contributed by atoms with Crippen LogP contribution < -0.4 is 11.1 Å². The molecule has 4 heterocycles. The first-order chi connectivity index (χ1) is 17.7. The number of ether oxygens (including phenoxy) is 1. The predicted octanol–water partition coefficient (Wildman–Crippen LogP) is 4.05. The highest BCUT2D eigenvalue weighted by molar-refractivity contribution is 7.13. The number of benzene rings is 1. The molecule has 1 aliphatic rings. The summed E-state index contributed by atoms with van der Waals surface area (Å²) in [5.74, 6) is -0.309. The Morgan fingerprint density at radius 2 is 2.03 bits per heavy atom. The summed E-state index contributed by atoms with van der Waals surface area (Å²) in [6.45, 7) is 4.89. The summed E-state index contributed by atoms with van der Waals surface area (Å²) in [6.07, 6.45) is 8.36. The predicted molar refractivity (Wildman–Crippen MR) is 142 cm³/mol. The van der Waals surface area contributed by atoms with Crippen LogP contribution in [0.1, 0.15) is 16.1 Å². The number of aromatic nitrogens is 2. The van der Waals surface area contributed by atoms with Crippen molar-refractivity contribution in [3.8, 4) is 21.7 Å². The number of aliphatic imine (C=N–C) groups is 1. The van der Waals surface area contributed by atoms with Crippen LogP contribution in [0.25, 0.3) is 21.7 Å². The molecule has 10 heteroatoms. The Labute approximate surface area is 212 Å². The van der Waals surface area contributed by atoms with E-state index in [0.717, 1.165) is 60.1 Å². The fourth-order valence-electron chi connectivity index (χ4n) is 3.88. The standard InChI is InChI=1S/C26H26N6O3S/c27-22-14-21(19-3-10-35-16-19)23(13-20(22)15-29-6-7-32-8-11-34-12-9-32)30-25(33)24-17-36-26(31-24)18-1-4-28-5-2-18/h1-5,10,13-17H,6-9,11-12,27H2,(H,30,33). The zero-order valence-electron chi connectivity index (χ0n) is 19.6. The molecule has 1 fully saturated rings. The van der Waals surface area contributed by atoms with Gasteiger partial charge in [-0.25, -0.2) is 4.98 Å². The van der Waals surface area contributed by atoms with Crippen molar-refractivity contribution in [2.24, 2.45) is 4.99 Å². The van der Waals surface area contributed by atoms with Gasteiger partial charge in [0.25, 0.3) is 5.91 Å². The molecule has 9 nitrogen and oxygen atoms in total. The third-order valence-electron chi connectivity index (χ3n) is 5.85. The van der Waals surface area contributed by atoms with Crippen molar-refractivity contribution in [1.29, 1.82) is 0 Å². The van der Waals surface area contributed by atoms with Crippen molar-refractivity contribution >= 4 is 34.8 Å². The molecule has 0 saturated carbocycles. The molecule has 4 aromatic rings. The van der Waals surface area contributed by atoms with Crippen LogP contribution >= 0.6 is 11.3 Å². The molecule has 0 atom stereocenters. The van der Waals surface area contributed by atoms with E-state index in [1.165, 1.54) is 11.3 Å². The molecule has 1 saturated heterocycles. The molecule has 3 N–H and O–H groups in total. The number of amides is 1. The number of furan rings is 1. The number of hydrogen-bond acceptors (Lipinski definition) is 9. The molecule has 1 aromatic carbocycles. The van der Waals surface area contributed by atoms with E-state index in [4.69, 9.17) is 14.9 Å². The van der Waals surface area contributed by atoms with Crippen LogP contribution in [0.3, 0.4) is 0 Å². The van der Waals surface area contributed by atoms with Crippen molar-refractivity contribution in [3.63, 3.8) is 0 Å². The number of thiazole rings is 1. The molecule has 36 heavy (non-hydrogen) atoms. The molecule has 1 amide bonds. The fraction of sp³-hybridized carbons (Fsp3) is 0.231. The second kappa shape index (κ2) is 11.3. The number of nitrogens with zero attached hydrogens (tertiary/aromatic N) is 4. The lowest BCUT2D eigenvalue weighted by Crippen LogP contribution is -2.37. The number of pyridine rings is 1. The molecule has 0 unspecified atom stereocenters. The molecule has 0 spiro atoms. The first-order valence-electron chi connectivity index (χ1n) is 11.6. The summed E-state index contributed by atoms with van der Waals surface area (Å²) in [7, 11) is 0. The first-order valence-corrected chi connectivity index (χ1v) is 12.5. The average molecular weight is 503 g/mol. The number of rotatable bonds is 8. The first kappa shape index (κ1) is 23.9. The average Bonchev–Trinajstić information content (AvgIpc) is 3.62. The van der Waals surface area contributed by atoms with E-state index in [2.05, 4.69) is 25.2 Å². The van der Waals surface area contributed by atoms with Crippen molar-refractivity contribution in [3.05, 3.63) is 71.9 Å². The van der Waals surface area contributed by atoms with E-state index in [9.17, 15) is 4.79 Å². The van der Waals surface area contributed by atoms with Gasteiger partial charge in [-0.1, -0.05) is 0 Å². The van der Waals surface area contributed by atoms with Crippen molar-refractivity contribution < 1.29 is 13.9 Å². The van der Waals surface area contributed by atoms with Gasteiger partial charge in [0.1, 0.15) is 10.7 Å². The number of nitrogen functional groups attached to an aromatic ring is 1. The smallest absolute Gasteiger partial charge is 0.275 e. The molecule has 0 radical (unpaired) electrons. The third kappa shape index (κ3) is 5.68.